The highest BCUT2D eigenvalue weighted by Crippen LogP contribution is 2.39. The third-order valence-electron chi connectivity index (χ3n) is 2.39. The SMILES string of the molecule is CC1(O)C(=O)OC(=O)C1(C)C(=O)O. The van der Waals surface area contributed by atoms with Gasteiger partial charge in [0.2, 0.25) is 5.41 Å². The second-order valence-electron chi connectivity index (χ2n) is 3.18. The molecule has 2 unspecified atom stereocenters. The molecule has 0 radical (unpaired) electrons. The molecule has 1 fully saturated rings. The number of esters is 2. The molecule has 0 saturated carbocycles. The Morgan fingerprint density at radius 1 is 1.31 bits per heavy atom. The van der Waals surface area contributed by atoms with Crippen molar-refractivity contribution in [1.29, 1.82) is 0 Å². The standard InChI is InChI=1S/C7H8O6/c1-6(3(8)9)4(10)13-5(11)7(6,2)12/h12H,1-2H3,(H,8,9). The summed E-state index contributed by atoms with van der Waals surface area (Å²) >= 11 is 0. The zero-order valence-electron chi connectivity index (χ0n) is 7.03. The summed E-state index contributed by atoms with van der Waals surface area (Å²) in [6.07, 6.45) is 0. The molecule has 6 nitrogen and oxygen atoms in total. The molecule has 2 atom stereocenters. The fraction of sp³-hybridized carbons (Fsp3) is 0.571. The van der Waals surface area contributed by atoms with E-state index in [0.717, 1.165) is 13.8 Å². The lowest BCUT2D eigenvalue weighted by atomic mass is 9.76. The van der Waals surface area contributed by atoms with E-state index in [1.807, 2.05) is 0 Å². The number of cyclic esters (lactones) is 2. The fourth-order valence-corrected chi connectivity index (χ4v) is 0.984. The number of carboxylic acids is 1. The van der Waals surface area contributed by atoms with Crippen molar-refractivity contribution in [2.24, 2.45) is 5.41 Å². The quantitative estimate of drug-likeness (QED) is 0.400. The van der Waals surface area contributed by atoms with Crippen molar-refractivity contribution in [3.8, 4) is 0 Å². The summed E-state index contributed by atoms with van der Waals surface area (Å²) in [6.45, 7) is 1.89. The van der Waals surface area contributed by atoms with E-state index in [1.54, 1.807) is 0 Å². The number of aliphatic hydroxyl groups is 1. The van der Waals surface area contributed by atoms with Crippen LogP contribution in [0.4, 0.5) is 0 Å². The first-order chi connectivity index (χ1) is 5.74. The number of ether oxygens (including phenoxy) is 1. The van der Waals surface area contributed by atoms with Crippen LogP contribution in [0.25, 0.3) is 0 Å². The van der Waals surface area contributed by atoms with Crippen molar-refractivity contribution in [1.82, 2.24) is 0 Å². The van der Waals surface area contributed by atoms with Crippen LogP contribution in [0.5, 0.6) is 0 Å². The van der Waals surface area contributed by atoms with Crippen LogP contribution in [-0.2, 0) is 19.1 Å². The molecular formula is C7H8O6. The van der Waals surface area contributed by atoms with Gasteiger partial charge in [0, 0.05) is 0 Å². The Bertz CT molecular complexity index is 304. The molecule has 2 N–H and O–H groups in total. The van der Waals surface area contributed by atoms with Crippen LogP contribution in [0.1, 0.15) is 13.8 Å². The number of carboxylic acid groups (broad SMARTS) is 1. The molecule has 72 valence electrons. The summed E-state index contributed by atoms with van der Waals surface area (Å²) in [7, 11) is 0. The lowest BCUT2D eigenvalue weighted by molar-refractivity contribution is -0.168. The number of hydrogen-bond donors (Lipinski definition) is 2. The molecule has 1 aliphatic heterocycles. The van der Waals surface area contributed by atoms with Crippen LogP contribution >= 0.6 is 0 Å². The predicted octanol–water partition coefficient (Wildman–Crippen LogP) is -1.09. The van der Waals surface area contributed by atoms with Crippen LogP contribution in [0, 0.1) is 5.41 Å². The van der Waals surface area contributed by atoms with E-state index in [4.69, 9.17) is 5.11 Å². The summed E-state index contributed by atoms with van der Waals surface area (Å²) in [4.78, 5) is 32.5. The van der Waals surface area contributed by atoms with E-state index in [1.165, 1.54) is 0 Å². The van der Waals surface area contributed by atoms with Gasteiger partial charge in [-0.1, -0.05) is 0 Å². The monoisotopic (exact) mass is 188 g/mol. The highest BCUT2D eigenvalue weighted by Gasteiger charge is 2.67. The summed E-state index contributed by atoms with van der Waals surface area (Å²) in [5.41, 5.74) is -4.53. The van der Waals surface area contributed by atoms with Crippen molar-refractivity contribution in [2.75, 3.05) is 0 Å². The summed E-state index contributed by atoms with van der Waals surface area (Å²) in [6, 6.07) is 0. The van der Waals surface area contributed by atoms with Gasteiger partial charge in [-0.25, -0.2) is 4.79 Å². The average molecular weight is 188 g/mol. The normalized spacial score (nSPS) is 39.0. The van der Waals surface area contributed by atoms with Gasteiger partial charge in [-0.3, -0.25) is 9.59 Å². The van der Waals surface area contributed by atoms with E-state index in [2.05, 4.69) is 4.74 Å². The highest BCUT2D eigenvalue weighted by molar-refractivity contribution is 6.14. The summed E-state index contributed by atoms with van der Waals surface area (Å²) in [5.74, 6) is -4.06. The van der Waals surface area contributed by atoms with Crippen LogP contribution < -0.4 is 0 Å². The lowest BCUT2D eigenvalue weighted by Crippen LogP contribution is -2.51. The first-order valence-electron chi connectivity index (χ1n) is 3.47. The molecule has 0 aromatic carbocycles. The Kier molecular flexibility index (Phi) is 1.70. The molecule has 0 aliphatic carbocycles. The van der Waals surface area contributed by atoms with Crippen LogP contribution in [0.2, 0.25) is 0 Å². The van der Waals surface area contributed by atoms with Gasteiger partial charge in [-0.2, -0.15) is 0 Å². The van der Waals surface area contributed by atoms with Crippen LogP contribution in [0.3, 0.4) is 0 Å². The number of aliphatic carboxylic acids is 1. The minimum absolute atomic E-state index is 0.939. The number of hydrogen-bond acceptors (Lipinski definition) is 5. The van der Waals surface area contributed by atoms with Gasteiger partial charge in [0.1, 0.15) is 0 Å². The van der Waals surface area contributed by atoms with Gasteiger partial charge in [0.15, 0.2) is 5.60 Å². The molecule has 1 heterocycles. The Labute approximate surface area is 73.1 Å². The number of rotatable bonds is 1. The van der Waals surface area contributed by atoms with E-state index in [-0.39, 0.29) is 0 Å². The summed E-state index contributed by atoms with van der Waals surface area (Å²) < 4.78 is 4.04. The Morgan fingerprint density at radius 2 is 1.77 bits per heavy atom. The topological polar surface area (TPSA) is 101 Å². The molecule has 0 spiro atoms. The third-order valence-corrected chi connectivity index (χ3v) is 2.39. The molecule has 1 aliphatic rings. The molecule has 1 saturated heterocycles. The van der Waals surface area contributed by atoms with Gasteiger partial charge in [-0.05, 0) is 13.8 Å². The minimum Gasteiger partial charge on any atom is -0.480 e. The average Bonchev–Trinajstić information content (AvgIpc) is 2.13. The smallest absolute Gasteiger partial charge is 0.347 e. The van der Waals surface area contributed by atoms with Crippen molar-refractivity contribution < 1.29 is 29.3 Å². The third kappa shape index (κ3) is 0.888. The second-order valence-corrected chi connectivity index (χ2v) is 3.18. The first-order valence-corrected chi connectivity index (χ1v) is 3.47. The van der Waals surface area contributed by atoms with Crippen molar-refractivity contribution in [2.45, 2.75) is 19.4 Å². The Balaban J connectivity index is 3.31. The van der Waals surface area contributed by atoms with Crippen LogP contribution in [-0.4, -0.2) is 33.7 Å². The predicted molar refractivity (Wildman–Crippen MR) is 37.5 cm³/mol. The van der Waals surface area contributed by atoms with Crippen molar-refractivity contribution in [3.05, 3.63) is 0 Å². The summed E-state index contributed by atoms with van der Waals surface area (Å²) in [5, 5.41) is 18.1. The molecule has 1 rings (SSSR count). The maximum Gasteiger partial charge on any atom is 0.347 e. The largest absolute Gasteiger partial charge is 0.480 e. The number of carbonyl (C=O) groups is 3. The number of carbonyl (C=O) groups excluding carboxylic acids is 2. The molecule has 0 amide bonds. The Hall–Kier alpha value is -1.43. The first kappa shape index (κ1) is 9.66. The fourth-order valence-electron chi connectivity index (χ4n) is 0.984. The molecular weight excluding hydrogens is 180 g/mol. The van der Waals surface area contributed by atoms with Gasteiger partial charge in [-0.15, -0.1) is 0 Å². The van der Waals surface area contributed by atoms with Crippen LogP contribution in [0.15, 0.2) is 0 Å². The van der Waals surface area contributed by atoms with Crippen molar-refractivity contribution >= 4 is 17.9 Å². The van der Waals surface area contributed by atoms with Gasteiger partial charge in [0.05, 0.1) is 0 Å². The van der Waals surface area contributed by atoms with E-state index < -0.39 is 28.9 Å². The van der Waals surface area contributed by atoms with Gasteiger partial charge in [0.25, 0.3) is 0 Å². The van der Waals surface area contributed by atoms with Gasteiger partial charge >= 0.3 is 17.9 Å². The Morgan fingerprint density at radius 3 is 1.92 bits per heavy atom. The maximum absolute atomic E-state index is 11.0. The lowest BCUT2D eigenvalue weighted by Gasteiger charge is -2.24. The second kappa shape index (κ2) is 2.29. The zero-order chi connectivity index (χ0) is 10.4. The van der Waals surface area contributed by atoms with E-state index in [0.29, 0.717) is 0 Å². The minimum atomic E-state index is -2.31. The van der Waals surface area contributed by atoms with Crippen molar-refractivity contribution in [3.63, 3.8) is 0 Å². The van der Waals surface area contributed by atoms with Gasteiger partial charge < -0.3 is 14.9 Å². The highest BCUT2D eigenvalue weighted by atomic mass is 16.6. The molecule has 6 heteroatoms. The molecule has 0 aromatic heterocycles. The zero-order valence-corrected chi connectivity index (χ0v) is 7.03. The van der Waals surface area contributed by atoms with E-state index >= 15 is 0 Å². The maximum atomic E-state index is 11.0. The molecule has 13 heavy (non-hydrogen) atoms. The molecule has 0 bridgehead atoms. The molecule has 0 aromatic rings. The van der Waals surface area contributed by atoms with E-state index in [9.17, 15) is 19.5 Å².